The van der Waals surface area contributed by atoms with E-state index in [1.807, 2.05) is 6.92 Å². The van der Waals surface area contributed by atoms with Gasteiger partial charge < -0.3 is 10.6 Å². The molecular formula is C14H18ClF3N2O. The van der Waals surface area contributed by atoms with Crippen LogP contribution in [0, 0.1) is 5.92 Å². The second kappa shape index (κ2) is 7.13. The Balaban J connectivity index is 0.00000220. The van der Waals surface area contributed by atoms with Crippen LogP contribution in [0.1, 0.15) is 29.3 Å². The minimum absolute atomic E-state index is 0. The van der Waals surface area contributed by atoms with Gasteiger partial charge in [-0.3, -0.25) is 4.79 Å². The molecule has 1 aromatic rings. The minimum Gasteiger partial charge on any atom is -0.348 e. The van der Waals surface area contributed by atoms with Crippen molar-refractivity contribution in [3.63, 3.8) is 0 Å². The van der Waals surface area contributed by atoms with Crippen molar-refractivity contribution in [2.45, 2.75) is 25.6 Å². The number of alkyl halides is 3. The summed E-state index contributed by atoms with van der Waals surface area (Å²) in [5.74, 6) is -0.150. The van der Waals surface area contributed by atoms with Gasteiger partial charge in [-0.05, 0) is 37.1 Å². The van der Waals surface area contributed by atoms with E-state index < -0.39 is 17.6 Å². The number of nitrogens with one attached hydrogen (secondary N) is 2. The Kier molecular flexibility index (Phi) is 6.04. The van der Waals surface area contributed by atoms with Crippen LogP contribution in [0.3, 0.4) is 0 Å². The number of carbonyl (C=O) groups excluding carboxylic acids is 1. The first-order chi connectivity index (χ1) is 9.38. The lowest BCUT2D eigenvalue weighted by molar-refractivity contribution is -0.137. The van der Waals surface area contributed by atoms with Crippen LogP contribution in [0.25, 0.3) is 0 Å². The molecule has 3 nitrogen and oxygen atoms in total. The highest BCUT2D eigenvalue weighted by molar-refractivity contribution is 5.94. The maximum Gasteiger partial charge on any atom is 0.416 e. The molecule has 1 aliphatic rings. The lowest BCUT2D eigenvalue weighted by Crippen LogP contribution is -2.50. The zero-order chi connectivity index (χ0) is 14.8. The van der Waals surface area contributed by atoms with E-state index in [0.29, 0.717) is 12.5 Å². The topological polar surface area (TPSA) is 41.1 Å². The normalized spacial score (nSPS) is 22.3. The van der Waals surface area contributed by atoms with E-state index in [-0.39, 0.29) is 24.0 Å². The molecule has 2 unspecified atom stereocenters. The number of carbonyl (C=O) groups is 1. The number of rotatable bonds is 2. The average Bonchev–Trinajstić information content (AvgIpc) is 2.40. The average molecular weight is 323 g/mol. The lowest BCUT2D eigenvalue weighted by atomic mass is 9.94. The smallest absolute Gasteiger partial charge is 0.348 e. The first kappa shape index (κ1) is 17.8. The molecule has 0 radical (unpaired) electrons. The molecule has 1 saturated heterocycles. The van der Waals surface area contributed by atoms with Gasteiger partial charge in [-0.1, -0.05) is 13.0 Å². The molecule has 1 fully saturated rings. The Hall–Kier alpha value is -1.27. The molecule has 1 amide bonds. The third kappa shape index (κ3) is 4.61. The van der Waals surface area contributed by atoms with E-state index in [0.717, 1.165) is 25.1 Å². The standard InChI is InChI=1S/C14H17F3N2O.ClH/c1-9-5-6-18-8-12(9)19-13(20)10-3-2-4-11(7-10)14(15,16)17;/h2-4,7,9,12,18H,5-6,8H2,1H3,(H,19,20);1H. The van der Waals surface area contributed by atoms with Crippen molar-refractivity contribution >= 4 is 18.3 Å². The SMILES string of the molecule is CC1CCNCC1NC(=O)c1cccc(C(F)(F)F)c1.Cl. The molecule has 21 heavy (non-hydrogen) atoms. The number of halogens is 4. The van der Waals surface area contributed by atoms with E-state index in [2.05, 4.69) is 10.6 Å². The van der Waals surface area contributed by atoms with Crippen LogP contribution < -0.4 is 10.6 Å². The molecule has 2 N–H and O–H groups in total. The van der Waals surface area contributed by atoms with Crippen molar-refractivity contribution in [3.8, 4) is 0 Å². The Morgan fingerprint density at radius 2 is 2.10 bits per heavy atom. The zero-order valence-corrected chi connectivity index (χ0v) is 12.4. The second-order valence-corrected chi connectivity index (χ2v) is 5.13. The second-order valence-electron chi connectivity index (χ2n) is 5.13. The molecule has 1 aromatic carbocycles. The van der Waals surface area contributed by atoms with Gasteiger partial charge in [0, 0.05) is 18.2 Å². The monoisotopic (exact) mass is 322 g/mol. The fourth-order valence-corrected chi connectivity index (χ4v) is 2.27. The summed E-state index contributed by atoms with van der Waals surface area (Å²) < 4.78 is 37.8. The molecule has 0 bridgehead atoms. The number of piperidine rings is 1. The highest BCUT2D eigenvalue weighted by Gasteiger charge is 2.31. The van der Waals surface area contributed by atoms with Crippen LogP contribution in [0.4, 0.5) is 13.2 Å². The summed E-state index contributed by atoms with van der Waals surface area (Å²) in [5, 5.41) is 5.96. The summed E-state index contributed by atoms with van der Waals surface area (Å²) in [6.07, 6.45) is -3.50. The van der Waals surface area contributed by atoms with Crippen LogP contribution in [0.15, 0.2) is 24.3 Å². The summed E-state index contributed by atoms with van der Waals surface area (Å²) in [7, 11) is 0. The van der Waals surface area contributed by atoms with Crippen molar-refractivity contribution in [1.82, 2.24) is 10.6 Å². The first-order valence-corrected chi connectivity index (χ1v) is 6.57. The molecule has 7 heteroatoms. The molecule has 0 saturated carbocycles. The summed E-state index contributed by atoms with van der Waals surface area (Å²) in [4.78, 5) is 12.0. The van der Waals surface area contributed by atoms with E-state index >= 15 is 0 Å². The van der Waals surface area contributed by atoms with Gasteiger partial charge in [0.15, 0.2) is 0 Å². The molecule has 118 valence electrons. The van der Waals surface area contributed by atoms with Crippen molar-refractivity contribution < 1.29 is 18.0 Å². The largest absolute Gasteiger partial charge is 0.416 e. The lowest BCUT2D eigenvalue weighted by Gasteiger charge is -2.30. The van der Waals surface area contributed by atoms with Crippen molar-refractivity contribution in [2.75, 3.05) is 13.1 Å². The predicted molar refractivity (Wildman–Crippen MR) is 76.6 cm³/mol. The maximum absolute atomic E-state index is 12.6. The van der Waals surface area contributed by atoms with Crippen LogP contribution >= 0.6 is 12.4 Å². The molecule has 1 heterocycles. The molecule has 0 spiro atoms. The van der Waals surface area contributed by atoms with Gasteiger partial charge in [0.2, 0.25) is 0 Å². The number of benzene rings is 1. The van der Waals surface area contributed by atoms with Crippen molar-refractivity contribution in [1.29, 1.82) is 0 Å². The fraction of sp³-hybridized carbons (Fsp3) is 0.500. The summed E-state index contributed by atoms with van der Waals surface area (Å²) in [6, 6.07) is 4.44. The number of hydrogen-bond donors (Lipinski definition) is 2. The van der Waals surface area contributed by atoms with Crippen molar-refractivity contribution in [2.24, 2.45) is 5.92 Å². The van der Waals surface area contributed by atoms with Gasteiger partial charge >= 0.3 is 6.18 Å². The van der Waals surface area contributed by atoms with E-state index in [1.54, 1.807) is 0 Å². The Morgan fingerprint density at radius 3 is 2.71 bits per heavy atom. The summed E-state index contributed by atoms with van der Waals surface area (Å²) in [6.45, 7) is 3.57. The molecule has 2 rings (SSSR count). The Bertz CT molecular complexity index is 493. The van der Waals surface area contributed by atoms with E-state index in [1.165, 1.54) is 12.1 Å². The summed E-state index contributed by atoms with van der Waals surface area (Å²) >= 11 is 0. The first-order valence-electron chi connectivity index (χ1n) is 6.57. The van der Waals surface area contributed by atoms with Crippen LogP contribution in [-0.2, 0) is 6.18 Å². The molecule has 1 aliphatic heterocycles. The third-order valence-corrected chi connectivity index (χ3v) is 3.60. The van der Waals surface area contributed by atoms with Crippen LogP contribution in [-0.4, -0.2) is 25.0 Å². The highest BCUT2D eigenvalue weighted by Crippen LogP contribution is 2.29. The van der Waals surface area contributed by atoms with Gasteiger partial charge in [-0.15, -0.1) is 12.4 Å². The predicted octanol–water partition coefficient (Wildman–Crippen LogP) is 2.86. The maximum atomic E-state index is 12.6. The molecule has 0 aliphatic carbocycles. The number of amides is 1. The van der Waals surface area contributed by atoms with E-state index in [9.17, 15) is 18.0 Å². The van der Waals surface area contributed by atoms with Crippen LogP contribution in [0.5, 0.6) is 0 Å². The molecule has 0 aromatic heterocycles. The molecular weight excluding hydrogens is 305 g/mol. The third-order valence-electron chi connectivity index (χ3n) is 3.60. The van der Waals surface area contributed by atoms with E-state index in [4.69, 9.17) is 0 Å². The highest BCUT2D eigenvalue weighted by atomic mass is 35.5. The zero-order valence-electron chi connectivity index (χ0n) is 11.5. The van der Waals surface area contributed by atoms with Crippen molar-refractivity contribution in [3.05, 3.63) is 35.4 Å². The van der Waals surface area contributed by atoms with Gasteiger partial charge in [0.1, 0.15) is 0 Å². The van der Waals surface area contributed by atoms with Gasteiger partial charge in [-0.25, -0.2) is 0 Å². The Morgan fingerprint density at radius 1 is 1.38 bits per heavy atom. The minimum atomic E-state index is -4.43. The Labute approximate surface area is 127 Å². The fourth-order valence-electron chi connectivity index (χ4n) is 2.27. The van der Waals surface area contributed by atoms with Gasteiger partial charge in [-0.2, -0.15) is 13.2 Å². The van der Waals surface area contributed by atoms with Crippen LogP contribution in [0.2, 0.25) is 0 Å². The van der Waals surface area contributed by atoms with Gasteiger partial charge in [0.25, 0.3) is 5.91 Å². The molecule has 2 atom stereocenters. The summed E-state index contributed by atoms with van der Waals surface area (Å²) in [5.41, 5.74) is -0.766. The van der Waals surface area contributed by atoms with Gasteiger partial charge in [0.05, 0.1) is 5.56 Å². The number of hydrogen-bond acceptors (Lipinski definition) is 2. The quantitative estimate of drug-likeness (QED) is 0.879.